The Morgan fingerprint density at radius 3 is 3.09 bits per heavy atom. The van der Waals surface area contributed by atoms with Crippen molar-refractivity contribution in [1.82, 2.24) is 10.6 Å². The van der Waals surface area contributed by atoms with E-state index in [2.05, 4.69) is 10.6 Å². The van der Waals surface area contributed by atoms with E-state index in [1.165, 1.54) is 0 Å². The van der Waals surface area contributed by atoms with Crippen molar-refractivity contribution in [1.29, 1.82) is 0 Å². The number of hydrogen-bond acceptors (Lipinski definition) is 3. The number of rotatable bonds is 2. The molecule has 0 aromatic heterocycles. The van der Waals surface area contributed by atoms with E-state index >= 15 is 0 Å². The van der Waals surface area contributed by atoms with Crippen molar-refractivity contribution in [3.63, 3.8) is 0 Å². The third kappa shape index (κ3) is 2.59. The van der Waals surface area contributed by atoms with Crippen LogP contribution in [0.15, 0.2) is 11.8 Å². The Balaban J connectivity index is 2.41. The summed E-state index contributed by atoms with van der Waals surface area (Å²) >= 11 is 0. The molecule has 0 radical (unpaired) electrons. The number of nitrogens with two attached hydrogens (primary N) is 1. The minimum Gasteiger partial charge on any atom is -0.382 e. The lowest BCUT2D eigenvalue weighted by atomic mass is 10.2. The second-order valence-electron chi connectivity index (χ2n) is 2.50. The number of nitrogens with one attached hydrogen (secondary N) is 2. The molecule has 0 aromatic carbocycles. The minimum atomic E-state index is 0.0354. The van der Waals surface area contributed by atoms with Crippen molar-refractivity contribution >= 4 is 5.91 Å². The van der Waals surface area contributed by atoms with Crippen molar-refractivity contribution in [3.05, 3.63) is 11.8 Å². The highest BCUT2D eigenvalue weighted by molar-refractivity contribution is 5.78. The molecule has 0 fully saturated rings. The van der Waals surface area contributed by atoms with Crippen LogP contribution in [-0.2, 0) is 4.79 Å². The van der Waals surface area contributed by atoms with E-state index in [1.807, 2.05) is 6.20 Å². The molecule has 0 bridgehead atoms. The summed E-state index contributed by atoms with van der Waals surface area (Å²) in [6.45, 7) is 1.63. The van der Waals surface area contributed by atoms with Gasteiger partial charge in [0.05, 0.1) is 6.54 Å². The standard InChI is InChI=1S/C7H13N3O/c8-2-1-6-3-9-5-7(11)10-4-6/h3,9H,1-2,4-5,8H2,(H,10,11). The quantitative estimate of drug-likeness (QED) is 0.476. The van der Waals surface area contributed by atoms with Gasteiger partial charge in [-0.1, -0.05) is 0 Å². The molecular formula is C7H13N3O. The molecule has 1 aliphatic rings. The fourth-order valence-electron chi connectivity index (χ4n) is 0.960. The molecule has 0 aromatic rings. The Morgan fingerprint density at radius 1 is 1.55 bits per heavy atom. The average Bonchev–Trinajstić information content (AvgIpc) is 2.17. The van der Waals surface area contributed by atoms with Gasteiger partial charge in [-0.15, -0.1) is 0 Å². The number of carbonyl (C=O) groups excluding carboxylic acids is 1. The molecule has 0 spiro atoms. The third-order valence-electron chi connectivity index (χ3n) is 1.55. The van der Waals surface area contributed by atoms with Crippen molar-refractivity contribution in [2.75, 3.05) is 19.6 Å². The fourth-order valence-corrected chi connectivity index (χ4v) is 0.960. The molecule has 0 saturated carbocycles. The predicted octanol–water partition coefficient (Wildman–Crippen LogP) is -1.06. The molecule has 1 aliphatic heterocycles. The molecule has 4 N–H and O–H groups in total. The normalized spacial score (nSPS) is 17.9. The van der Waals surface area contributed by atoms with Crippen LogP contribution < -0.4 is 16.4 Å². The van der Waals surface area contributed by atoms with Crippen molar-refractivity contribution in [2.24, 2.45) is 5.73 Å². The molecule has 1 heterocycles. The van der Waals surface area contributed by atoms with E-state index in [-0.39, 0.29) is 5.91 Å². The van der Waals surface area contributed by atoms with Gasteiger partial charge in [-0.05, 0) is 24.7 Å². The van der Waals surface area contributed by atoms with Crippen LogP contribution in [0.1, 0.15) is 6.42 Å². The van der Waals surface area contributed by atoms with Crippen LogP contribution in [0.2, 0.25) is 0 Å². The highest BCUT2D eigenvalue weighted by Gasteiger charge is 2.05. The first kappa shape index (κ1) is 8.07. The van der Waals surface area contributed by atoms with Crippen molar-refractivity contribution in [2.45, 2.75) is 6.42 Å². The third-order valence-corrected chi connectivity index (χ3v) is 1.55. The van der Waals surface area contributed by atoms with Gasteiger partial charge in [0.25, 0.3) is 0 Å². The Labute approximate surface area is 65.8 Å². The van der Waals surface area contributed by atoms with Crippen LogP contribution in [0.5, 0.6) is 0 Å². The zero-order chi connectivity index (χ0) is 8.10. The van der Waals surface area contributed by atoms with E-state index in [9.17, 15) is 4.79 Å². The molecule has 1 amide bonds. The summed E-state index contributed by atoms with van der Waals surface area (Å²) in [5.74, 6) is 0.0354. The SMILES string of the molecule is NCCC1=CNCC(=O)NC1. The lowest BCUT2D eigenvalue weighted by Gasteiger charge is -2.01. The lowest BCUT2D eigenvalue weighted by Crippen LogP contribution is -2.29. The van der Waals surface area contributed by atoms with Gasteiger partial charge in [0.1, 0.15) is 0 Å². The Kier molecular flexibility index (Phi) is 2.92. The number of carbonyl (C=O) groups is 1. The van der Waals surface area contributed by atoms with Gasteiger partial charge in [-0.3, -0.25) is 4.79 Å². The maximum Gasteiger partial charge on any atom is 0.239 e. The van der Waals surface area contributed by atoms with Crippen molar-refractivity contribution < 1.29 is 4.79 Å². The van der Waals surface area contributed by atoms with E-state index in [1.54, 1.807) is 0 Å². The monoisotopic (exact) mass is 155 g/mol. The summed E-state index contributed by atoms with van der Waals surface area (Å²) in [5, 5.41) is 5.66. The Morgan fingerprint density at radius 2 is 2.36 bits per heavy atom. The van der Waals surface area contributed by atoms with Crippen LogP contribution in [0.25, 0.3) is 0 Å². The summed E-state index contributed by atoms with van der Waals surface area (Å²) in [5.41, 5.74) is 6.51. The van der Waals surface area contributed by atoms with Gasteiger partial charge in [0.15, 0.2) is 0 Å². The summed E-state index contributed by atoms with van der Waals surface area (Å²) in [4.78, 5) is 10.8. The molecule has 0 saturated heterocycles. The zero-order valence-corrected chi connectivity index (χ0v) is 6.39. The van der Waals surface area contributed by atoms with Gasteiger partial charge in [0.2, 0.25) is 5.91 Å². The molecule has 4 heteroatoms. The summed E-state index contributed by atoms with van der Waals surface area (Å²) < 4.78 is 0. The highest BCUT2D eigenvalue weighted by Crippen LogP contribution is 1.97. The number of amides is 1. The molecule has 0 atom stereocenters. The van der Waals surface area contributed by atoms with Gasteiger partial charge in [-0.2, -0.15) is 0 Å². The first-order chi connectivity index (χ1) is 5.33. The first-order valence-corrected chi connectivity index (χ1v) is 3.71. The maximum absolute atomic E-state index is 10.8. The second kappa shape index (κ2) is 3.98. The molecule has 62 valence electrons. The van der Waals surface area contributed by atoms with Gasteiger partial charge in [-0.25, -0.2) is 0 Å². The van der Waals surface area contributed by atoms with Gasteiger partial charge in [0, 0.05) is 6.54 Å². The van der Waals surface area contributed by atoms with E-state index in [4.69, 9.17) is 5.73 Å². The second-order valence-corrected chi connectivity index (χ2v) is 2.50. The van der Waals surface area contributed by atoms with Gasteiger partial charge < -0.3 is 16.4 Å². The largest absolute Gasteiger partial charge is 0.382 e. The molecule has 0 aliphatic carbocycles. The van der Waals surface area contributed by atoms with Crippen LogP contribution in [0, 0.1) is 0 Å². The molecule has 4 nitrogen and oxygen atoms in total. The summed E-state index contributed by atoms with van der Waals surface area (Å²) in [7, 11) is 0. The van der Waals surface area contributed by atoms with Crippen LogP contribution >= 0.6 is 0 Å². The molecule has 11 heavy (non-hydrogen) atoms. The van der Waals surface area contributed by atoms with Gasteiger partial charge >= 0.3 is 0 Å². The predicted molar refractivity (Wildman–Crippen MR) is 42.8 cm³/mol. The zero-order valence-electron chi connectivity index (χ0n) is 6.39. The minimum absolute atomic E-state index is 0.0354. The van der Waals surface area contributed by atoms with Crippen LogP contribution in [-0.4, -0.2) is 25.5 Å². The highest BCUT2D eigenvalue weighted by atomic mass is 16.1. The molecular weight excluding hydrogens is 142 g/mol. The summed E-state index contributed by atoms with van der Waals surface area (Å²) in [6.07, 6.45) is 2.71. The van der Waals surface area contributed by atoms with E-state index in [0.717, 1.165) is 12.0 Å². The van der Waals surface area contributed by atoms with E-state index < -0.39 is 0 Å². The smallest absolute Gasteiger partial charge is 0.239 e. The molecule has 0 unspecified atom stereocenters. The van der Waals surface area contributed by atoms with Crippen molar-refractivity contribution in [3.8, 4) is 0 Å². The van der Waals surface area contributed by atoms with Crippen LogP contribution in [0.4, 0.5) is 0 Å². The average molecular weight is 155 g/mol. The first-order valence-electron chi connectivity index (χ1n) is 3.71. The van der Waals surface area contributed by atoms with Crippen LogP contribution in [0.3, 0.4) is 0 Å². The Hall–Kier alpha value is -1.03. The maximum atomic E-state index is 10.8. The fraction of sp³-hybridized carbons (Fsp3) is 0.571. The Bertz CT molecular complexity index is 177. The summed E-state index contributed by atoms with van der Waals surface area (Å²) in [6, 6.07) is 0. The number of hydrogen-bond donors (Lipinski definition) is 3. The lowest BCUT2D eigenvalue weighted by molar-refractivity contribution is -0.119. The van der Waals surface area contributed by atoms with E-state index in [0.29, 0.717) is 19.6 Å². The molecule has 1 rings (SSSR count). The topological polar surface area (TPSA) is 67.1 Å².